The highest BCUT2D eigenvalue weighted by Crippen LogP contribution is 2.44. The second-order valence-corrected chi connectivity index (χ2v) is 8.47. The summed E-state index contributed by atoms with van der Waals surface area (Å²) in [5, 5.41) is 9.05. The van der Waals surface area contributed by atoms with Crippen molar-refractivity contribution in [1.82, 2.24) is 0 Å². The van der Waals surface area contributed by atoms with E-state index in [-0.39, 0.29) is 23.8 Å². The molecule has 0 amide bonds. The number of nitrogens with zero attached hydrogens (tertiary/aromatic N) is 1. The highest BCUT2D eigenvalue weighted by Gasteiger charge is 2.37. The van der Waals surface area contributed by atoms with Crippen molar-refractivity contribution < 1.29 is 32.5 Å². The van der Waals surface area contributed by atoms with Gasteiger partial charge in [0.2, 0.25) is 0 Å². The van der Waals surface area contributed by atoms with Gasteiger partial charge in [-0.25, -0.2) is 8.42 Å². The lowest BCUT2D eigenvalue weighted by molar-refractivity contribution is -0.137. The fourth-order valence-electron chi connectivity index (χ4n) is 3.49. The van der Waals surface area contributed by atoms with E-state index >= 15 is 0 Å². The lowest BCUT2D eigenvalue weighted by Crippen LogP contribution is -2.30. The molecular formula is C20H23NO7S. The zero-order chi connectivity index (χ0) is 21.2. The molecule has 0 radical (unpaired) electrons. The summed E-state index contributed by atoms with van der Waals surface area (Å²) in [4.78, 5) is 11.1. The Morgan fingerprint density at radius 1 is 1.07 bits per heavy atom. The van der Waals surface area contributed by atoms with Crippen LogP contribution in [0.1, 0.15) is 24.3 Å². The predicted molar refractivity (Wildman–Crippen MR) is 107 cm³/mol. The van der Waals surface area contributed by atoms with E-state index in [0.717, 1.165) is 5.56 Å². The Morgan fingerprint density at radius 2 is 1.79 bits per heavy atom. The van der Waals surface area contributed by atoms with Gasteiger partial charge in [0.1, 0.15) is 5.75 Å². The number of carboxylic acids is 1. The van der Waals surface area contributed by atoms with E-state index in [1.807, 2.05) is 0 Å². The van der Waals surface area contributed by atoms with E-state index < -0.39 is 16.0 Å². The van der Waals surface area contributed by atoms with Crippen LogP contribution in [0.2, 0.25) is 0 Å². The molecule has 1 aliphatic rings. The molecule has 9 heteroatoms. The number of fused-ring (bicyclic) bond motifs is 1. The van der Waals surface area contributed by atoms with E-state index in [1.165, 1.54) is 37.8 Å². The molecule has 0 saturated carbocycles. The number of ether oxygens (including phenoxy) is 3. The molecule has 0 saturated heterocycles. The average molecular weight is 421 g/mol. The first kappa shape index (κ1) is 20.8. The van der Waals surface area contributed by atoms with Gasteiger partial charge in [-0.05, 0) is 42.3 Å². The Bertz CT molecular complexity index is 1020. The van der Waals surface area contributed by atoms with Gasteiger partial charge in [0.15, 0.2) is 11.5 Å². The summed E-state index contributed by atoms with van der Waals surface area (Å²) in [6, 6.07) is 9.57. The second kappa shape index (κ2) is 8.20. The van der Waals surface area contributed by atoms with Gasteiger partial charge in [0, 0.05) is 24.9 Å². The van der Waals surface area contributed by atoms with Crippen molar-refractivity contribution in [2.24, 2.45) is 0 Å². The molecule has 1 heterocycles. The molecule has 0 aliphatic carbocycles. The number of carbonyl (C=O) groups is 1. The van der Waals surface area contributed by atoms with Crippen LogP contribution in [0.4, 0.5) is 5.69 Å². The highest BCUT2D eigenvalue weighted by molar-refractivity contribution is 7.92. The zero-order valence-electron chi connectivity index (χ0n) is 16.4. The van der Waals surface area contributed by atoms with Crippen LogP contribution in [0, 0.1) is 0 Å². The summed E-state index contributed by atoms with van der Waals surface area (Å²) < 4.78 is 43.8. The van der Waals surface area contributed by atoms with Crippen molar-refractivity contribution in [3.8, 4) is 17.2 Å². The molecule has 1 N–H and O–H groups in total. The fourth-order valence-corrected chi connectivity index (χ4v) is 5.04. The van der Waals surface area contributed by atoms with Crippen LogP contribution in [0.3, 0.4) is 0 Å². The van der Waals surface area contributed by atoms with Crippen LogP contribution in [0.15, 0.2) is 41.3 Å². The van der Waals surface area contributed by atoms with Crippen LogP contribution in [-0.4, -0.2) is 47.4 Å². The standard InChI is InChI=1S/C20H23NO7S/c1-26-14-5-7-17-16(10-14)13(4-9-20(22)23)12-21(17)29(24,25)15-6-8-18(27-2)19(11-15)28-3/h5-8,10-11,13H,4,9,12H2,1-3H3,(H,22,23). The topological polar surface area (TPSA) is 102 Å². The minimum Gasteiger partial charge on any atom is -0.497 e. The monoisotopic (exact) mass is 421 g/mol. The lowest BCUT2D eigenvalue weighted by atomic mass is 9.96. The molecule has 0 bridgehead atoms. The van der Waals surface area contributed by atoms with E-state index in [1.54, 1.807) is 24.3 Å². The summed E-state index contributed by atoms with van der Waals surface area (Å²) in [6.45, 7) is 0.159. The van der Waals surface area contributed by atoms with Crippen LogP contribution in [-0.2, 0) is 14.8 Å². The summed E-state index contributed by atoms with van der Waals surface area (Å²) in [5.41, 5.74) is 1.28. The Kier molecular flexibility index (Phi) is 5.88. The molecule has 0 aromatic heterocycles. The minimum absolute atomic E-state index is 0.0500. The van der Waals surface area contributed by atoms with Crippen molar-refractivity contribution >= 4 is 21.7 Å². The molecule has 0 fully saturated rings. The average Bonchev–Trinajstić information content (AvgIpc) is 3.10. The Balaban J connectivity index is 2.03. The maximum Gasteiger partial charge on any atom is 0.303 e. The quantitative estimate of drug-likeness (QED) is 0.699. The molecule has 8 nitrogen and oxygen atoms in total. The van der Waals surface area contributed by atoms with Gasteiger partial charge in [-0.3, -0.25) is 9.10 Å². The number of benzene rings is 2. The Hall–Kier alpha value is -2.94. The predicted octanol–water partition coefficient (Wildman–Crippen LogP) is 2.87. The van der Waals surface area contributed by atoms with Crippen molar-refractivity contribution in [2.75, 3.05) is 32.2 Å². The Morgan fingerprint density at radius 3 is 2.41 bits per heavy atom. The molecule has 2 aromatic rings. The zero-order valence-corrected chi connectivity index (χ0v) is 17.2. The van der Waals surface area contributed by atoms with Gasteiger partial charge in [-0.1, -0.05) is 0 Å². The largest absolute Gasteiger partial charge is 0.497 e. The second-order valence-electron chi connectivity index (χ2n) is 6.61. The van der Waals surface area contributed by atoms with Crippen molar-refractivity contribution in [3.05, 3.63) is 42.0 Å². The summed E-state index contributed by atoms with van der Waals surface area (Å²) in [7, 11) is 0.551. The van der Waals surface area contributed by atoms with Crippen LogP contribution < -0.4 is 18.5 Å². The van der Waals surface area contributed by atoms with Crippen LogP contribution in [0.25, 0.3) is 0 Å². The maximum absolute atomic E-state index is 13.4. The van der Waals surface area contributed by atoms with E-state index in [4.69, 9.17) is 19.3 Å². The van der Waals surface area contributed by atoms with Crippen molar-refractivity contribution in [3.63, 3.8) is 0 Å². The van der Waals surface area contributed by atoms with Crippen molar-refractivity contribution in [2.45, 2.75) is 23.7 Å². The number of hydrogen-bond donors (Lipinski definition) is 1. The van der Waals surface area contributed by atoms with E-state index in [9.17, 15) is 13.2 Å². The molecular weight excluding hydrogens is 398 g/mol. The summed E-state index contributed by atoms with van der Waals surface area (Å²) >= 11 is 0. The van der Waals surface area contributed by atoms with Crippen LogP contribution in [0.5, 0.6) is 17.2 Å². The van der Waals surface area contributed by atoms with Gasteiger partial charge in [-0.15, -0.1) is 0 Å². The summed E-state index contributed by atoms with van der Waals surface area (Å²) in [5.74, 6) is 0.165. The Labute approximate surface area is 169 Å². The highest BCUT2D eigenvalue weighted by atomic mass is 32.2. The first-order valence-electron chi connectivity index (χ1n) is 8.96. The first-order chi connectivity index (χ1) is 13.8. The molecule has 2 aromatic carbocycles. The normalized spacial score (nSPS) is 15.7. The third-order valence-electron chi connectivity index (χ3n) is 4.98. The summed E-state index contributed by atoms with van der Waals surface area (Å²) in [6.07, 6.45) is 0.277. The molecule has 1 unspecified atom stereocenters. The fraction of sp³-hybridized carbons (Fsp3) is 0.350. The maximum atomic E-state index is 13.4. The first-order valence-corrected chi connectivity index (χ1v) is 10.4. The molecule has 29 heavy (non-hydrogen) atoms. The molecule has 1 aliphatic heterocycles. The van der Waals surface area contributed by atoms with Gasteiger partial charge in [0.25, 0.3) is 10.0 Å². The molecule has 156 valence electrons. The van der Waals surface area contributed by atoms with Crippen molar-refractivity contribution in [1.29, 1.82) is 0 Å². The van der Waals surface area contributed by atoms with Gasteiger partial charge in [-0.2, -0.15) is 0 Å². The van der Waals surface area contributed by atoms with Gasteiger partial charge < -0.3 is 19.3 Å². The van der Waals surface area contributed by atoms with E-state index in [0.29, 0.717) is 29.4 Å². The number of rotatable bonds is 8. The lowest BCUT2D eigenvalue weighted by Gasteiger charge is -2.21. The van der Waals surface area contributed by atoms with Crippen LogP contribution >= 0.6 is 0 Å². The smallest absolute Gasteiger partial charge is 0.303 e. The minimum atomic E-state index is -3.89. The number of sulfonamides is 1. The van der Waals surface area contributed by atoms with Gasteiger partial charge >= 0.3 is 5.97 Å². The number of carboxylic acid groups (broad SMARTS) is 1. The molecule has 1 atom stereocenters. The number of hydrogen-bond acceptors (Lipinski definition) is 6. The third kappa shape index (κ3) is 3.95. The van der Waals surface area contributed by atoms with E-state index in [2.05, 4.69) is 0 Å². The third-order valence-corrected chi connectivity index (χ3v) is 6.75. The molecule has 0 spiro atoms. The number of anilines is 1. The SMILES string of the molecule is COc1ccc2c(c1)C(CCC(=O)O)CN2S(=O)(=O)c1ccc(OC)c(OC)c1. The van der Waals surface area contributed by atoms with Gasteiger partial charge in [0.05, 0.1) is 31.9 Å². The molecule has 3 rings (SSSR count). The number of aliphatic carboxylic acids is 1. The number of methoxy groups -OCH3 is 3.